The first kappa shape index (κ1) is 24.7. The summed E-state index contributed by atoms with van der Waals surface area (Å²) in [5, 5.41) is 23.8. The molecule has 0 aliphatic heterocycles. The van der Waals surface area contributed by atoms with Crippen LogP contribution in [0.4, 0.5) is 4.79 Å². The number of aliphatic carboxylic acids is 1. The number of hydrogen-bond acceptors (Lipinski definition) is 5. The molecule has 4 rings (SSSR count). The van der Waals surface area contributed by atoms with E-state index in [-0.39, 0.29) is 36.8 Å². The first-order chi connectivity index (χ1) is 16.9. The van der Waals surface area contributed by atoms with E-state index in [1.807, 2.05) is 24.3 Å². The molecule has 1 fully saturated rings. The smallest absolute Gasteiger partial charge is 0.407 e. The third kappa shape index (κ3) is 6.19. The molecular weight excluding hydrogens is 448 g/mol. The fourth-order valence-electron chi connectivity index (χ4n) is 5.14. The Bertz CT molecular complexity index is 1020. The van der Waals surface area contributed by atoms with Crippen molar-refractivity contribution in [3.63, 3.8) is 0 Å². The molecule has 186 valence electrons. The van der Waals surface area contributed by atoms with Gasteiger partial charge >= 0.3 is 12.1 Å². The van der Waals surface area contributed by atoms with Gasteiger partial charge in [0.05, 0.1) is 12.5 Å². The van der Waals surface area contributed by atoms with Gasteiger partial charge < -0.3 is 25.6 Å². The minimum absolute atomic E-state index is 0.0242. The minimum atomic E-state index is -1.10. The summed E-state index contributed by atoms with van der Waals surface area (Å²) in [6.07, 6.45) is 1.08. The number of carbonyl (C=O) groups excluding carboxylic acids is 2. The van der Waals surface area contributed by atoms with E-state index in [9.17, 15) is 19.5 Å². The molecule has 2 aliphatic rings. The van der Waals surface area contributed by atoms with E-state index < -0.39 is 24.6 Å². The van der Waals surface area contributed by atoms with Crippen molar-refractivity contribution in [3.8, 4) is 11.1 Å². The van der Waals surface area contributed by atoms with E-state index in [1.54, 1.807) is 0 Å². The van der Waals surface area contributed by atoms with Crippen molar-refractivity contribution >= 4 is 18.0 Å². The zero-order chi connectivity index (χ0) is 24.8. The van der Waals surface area contributed by atoms with Crippen molar-refractivity contribution in [3.05, 3.63) is 59.7 Å². The van der Waals surface area contributed by atoms with Crippen molar-refractivity contribution in [1.82, 2.24) is 10.6 Å². The first-order valence-electron chi connectivity index (χ1n) is 12.2. The average molecular weight is 481 g/mol. The molecule has 2 aromatic rings. The Morgan fingerprint density at radius 3 is 2.11 bits per heavy atom. The predicted octanol–water partition coefficient (Wildman–Crippen LogP) is 3.28. The Kier molecular flexibility index (Phi) is 8.02. The Hall–Kier alpha value is -3.39. The molecule has 2 aliphatic carbocycles. The Labute approximate surface area is 204 Å². The zero-order valence-electron chi connectivity index (χ0n) is 19.6. The van der Waals surface area contributed by atoms with E-state index in [1.165, 1.54) is 22.3 Å². The van der Waals surface area contributed by atoms with E-state index in [2.05, 4.69) is 34.9 Å². The van der Waals surface area contributed by atoms with E-state index in [0.29, 0.717) is 19.4 Å². The third-order valence-corrected chi connectivity index (χ3v) is 7.02. The molecule has 4 N–H and O–H groups in total. The standard InChI is InChI=1S/C27H32N2O6/c30-19(13-25(31)32)15-28-26(33)18-11-9-17(10-12-18)14-29-27(34)35-16-24-22-7-3-1-5-20(22)21-6-2-4-8-23(21)24/h1-8,17-19,24,30H,9-16H2,(H,28,33)(H,29,34)(H,31,32). The summed E-state index contributed by atoms with van der Waals surface area (Å²) in [7, 11) is 0. The van der Waals surface area contributed by atoms with Gasteiger partial charge in [-0.25, -0.2) is 4.79 Å². The van der Waals surface area contributed by atoms with Crippen LogP contribution in [0, 0.1) is 11.8 Å². The highest BCUT2D eigenvalue weighted by atomic mass is 16.5. The van der Waals surface area contributed by atoms with Crippen molar-refractivity contribution in [1.29, 1.82) is 0 Å². The van der Waals surface area contributed by atoms with Gasteiger partial charge in [-0.1, -0.05) is 48.5 Å². The van der Waals surface area contributed by atoms with Crippen LogP contribution in [0.1, 0.15) is 49.1 Å². The van der Waals surface area contributed by atoms with Gasteiger partial charge in [-0.15, -0.1) is 0 Å². The lowest BCUT2D eigenvalue weighted by Gasteiger charge is -2.28. The molecule has 8 nitrogen and oxygen atoms in total. The van der Waals surface area contributed by atoms with Crippen LogP contribution in [0.2, 0.25) is 0 Å². The number of rotatable bonds is 9. The quantitative estimate of drug-likeness (QED) is 0.437. The number of alkyl carbamates (subject to hydrolysis) is 1. The number of hydrogen-bond donors (Lipinski definition) is 4. The molecule has 0 radical (unpaired) electrons. The molecule has 8 heteroatoms. The molecule has 1 atom stereocenters. The van der Waals surface area contributed by atoms with Gasteiger partial charge in [-0.2, -0.15) is 0 Å². The fraction of sp³-hybridized carbons (Fsp3) is 0.444. The first-order valence-corrected chi connectivity index (χ1v) is 12.2. The van der Waals surface area contributed by atoms with Crippen LogP contribution in [0.5, 0.6) is 0 Å². The number of carboxylic acids is 1. The molecule has 0 heterocycles. The van der Waals surface area contributed by atoms with Crippen molar-refractivity contribution in [2.75, 3.05) is 19.7 Å². The highest BCUT2D eigenvalue weighted by Crippen LogP contribution is 2.44. The molecule has 35 heavy (non-hydrogen) atoms. The minimum Gasteiger partial charge on any atom is -0.481 e. The third-order valence-electron chi connectivity index (χ3n) is 7.02. The highest BCUT2D eigenvalue weighted by molar-refractivity contribution is 5.79. The van der Waals surface area contributed by atoms with Crippen molar-refractivity contribution in [2.45, 2.75) is 44.1 Å². The molecular formula is C27H32N2O6. The van der Waals surface area contributed by atoms with E-state index in [4.69, 9.17) is 9.84 Å². The maximum Gasteiger partial charge on any atom is 0.407 e. The maximum atomic E-state index is 12.4. The second-order valence-corrected chi connectivity index (χ2v) is 9.42. The second kappa shape index (κ2) is 11.4. The normalized spacial score (nSPS) is 19.8. The fourth-order valence-corrected chi connectivity index (χ4v) is 5.14. The number of carboxylic acid groups (broad SMARTS) is 1. The van der Waals surface area contributed by atoms with Crippen LogP contribution in [0.25, 0.3) is 11.1 Å². The summed E-state index contributed by atoms with van der Waals surface area (Å²) in [5.74, 6) is -1.11. The number of amides is 2. The van der Waals surface area contributed by atoms with Gasteiger partial charge in [0.1, 0.15) is 6.61 Å². The second-order valence-electron chi connectivity index (χ2n) is 9.42. The van der Waals surface area contributed by atoms with Crippen molar-refractivity contribution < 1.29 is 29.3 Å². The van der Waals surface area contributed by atoms with Gasteiger partial charge in [0.15, 0.2) is 0 Å². The molecule has 0 bridgehead atoms. The summed E-state index contributed by atoms with van der Waals surface area (Å²) in [4.78, 5) is 35.3. The van der Waals surface area contributed by atoms with E-state index in [0.717, 1.165) is 12.8 Å². The van der Waals surface area contributed by atoms with Crippen LogP contribution in [-0.2, 0) is 14.3 Å². The zero-order valence-corrected chi connectivity index (χ0v) is 19.6. The molecule has 2 amide bonds. The van der Waals surface area contributed by atoms with Gasteiger partial charge in [0, 0.05) is 24.9 Å². The largest absolute Gasteiger partial charge is 0.481 e. The number of benzene rings is 2. The summed E-state index contributed by atoms with van der Waals surface area (Å²) in [5.41, 5.74) is 4.73. The summed E-state index contributed by atoms with van der Waals surface area (Å²) in [6.45, 7) is 0.719. The Morgan fingerprint density at radius 2 is 1.51 bits per heavy atom. The SMILES string of the molecule is O=C(O)CC(O)CNC(=O)C1CCC(CNC(=O)OCC2c3ccccc3-c3ccccc32)CC1. The van der Waals surface area contributed by atoms with Gasteiger partial charge in [-0.3, -0.25) is 9.59 Å². The van der Waals surface area contributed by atoms with Crippen LogP contribution in [0.3, 0.4) is 0 Å². The van der Waals surface area contributed by atoms with Crippen LogP contribution in [0.15, 0.2) is 48.5 Å². The van der Waals surface area contributed by atoms with Gasteiger partial charge in [0.25, 0.3) is 0 Å². The molecule has 0 aromatic heterocycles. The molecule has 0 spiro atoms. The Morgan fingerprint density at radius 1 is 0.914 bits per heavy atom. The van der Waals surface area contributed by atoms with Gasteiger partial charge in [0.2, 0.25) is 5.91 Å². The number of carbonyl (C=O) groups is 3. The van der Waals surface area contributed by atoms with Crippen LogP contribution < -0.4 is 10.6 Å². The Balaban J connectivity index is 1.18. The number of nitrogens with one attached hydrogen (secondary N) is 2. The molecule has 1 unspecified atom stereocenters. The number of aliphatic hydroxyl groups is 1. The van der Waals surface area contributed by atoms with Gasteiger partial charge in [-0.05, 0) is 53.9 Å². The maximum absolute atomic E-state index is 12.4. The monoisotopic (exact) mass is 480 g/mol. The number of fused-ring (bicyclic) bond motifs is 3. The topological polar surface area (TPSA) is 125 Å². The summed E-state index contributed by atoms with van der Waals surface area (Å²) >= 11 is 0. The molecule has 2 aromatic carbocycles. The molecule has 0 saturated heterocycles. The lowest BCUT2D eigenvalue weighted by Crippen LogP contribution is -2.39. The predicted molar refractivity (Wildman–Crippen MR) is 130 cm³/mol. The number of aliphatic hydroxyl groups excluding tert-OH is 1. The van der Waals surface area contributed by atoms with Crippen LogP contribution >= 0.6 is 0 Å². The summed E-state index contributed by atoms with van der Waals surface area (Å²) < 4.78 is 5.59. The average Bonchev–Trinajstić information content (AvgIpc) is 3.18. The lowest BCUT2D eigenvalue weighted by atomic mass is 9.81. The van der Waals surface area contributed by atoms with E-state index >= 15 is 0 Å². The number of ether oxygens (including phenoxy) is 1. The van der Waals surface area contributed by atoms with Crippen LogP contribution in [-0.4, -0.2) is 54.0 Å². The van der Waals surface area contributed by atoms with Crippen molar-refractivity contribution in [2.24, 2.45) is 11.8 Å². The lowest BCUT2D eigenvalue weighted by molar-refractivity contribution is -0.139. The highest BCUT2D eigenvalue weighted by Gasteiger charge is 2.30. The molecule has 1 saturated carbocycles. The summed E-state index contributed by atoms with van der Waals surface area (Å²) in [6, 6.07) is 16.4.